The molecule has 4 aliphatic rings. The molecule has 1 aliphatic heterocycles. The average molecular weight is 364 g/mol. The number of allylic oxidation sites excluding steroid dienone is 5. The van der Waals surface area contributed by atoms with E-state index < -0.39 is 0 Å². The summed E-state index contributed by atoms with van der Waals surface area (Å²) in [6.07, 6.45) is 18.3. The minimum absolute atomic E-state index is 0.122. The van der Waals surface area contributed by atoms with Gasteiger partial charge in [-0.1, -0.05) is 31.1 Å². The number of likely N-dealkylation sites (N-methyl/N-ethyl adjacent to an activating group) is 1. The van der Waals surface area contributed by atoms with Gasteiger partial charge in [0, 0.05) is 43.2 Å². The van der Waals surface area contributed by atoms with Crippen LogP contribution in [0, 0.1) is 22.7 Å². The van der Waals surface area contributed by atoms with E-state index in [0.717, 1.165) is 19.4 Å². The second kappa shape index (κ2) is 5.70. The second-order valence-corrected chi connectivity index (χ2v) is 9.36. The summed E-state index contributed by atoms with van der Waals surface area (Å²) in [5, 5.41) is 0. The van der Waals surface area contributed by atoms with E-state index in [9.17, 15) is 4.79 Å². The monoisotopic (exact) mass is 363 g/mol. The first-order valence-electron chi connectivity index (χ1n) is 10.3. The van der Waals surface area contributed by atoms with Crippen molar-refractivity contribution in [2.45, 2.75) is 46.0 Å². The van der Waals surface area contributed by atoms with Crippen molar-refractivity contribution >= 4 is 11.6 Å². The lowest BCUT2D eigenvalue weighted by atomic mass is 9.50. The van der Waals surface area contributed by atoms with Crippen LogP contribution in [0.2, 0.25) is 0 Å². The van der Waals surface area contributed by atoms with Gasteiger partial charge in [0.25, 0.3) is 0 Å². The Morgan fingerprint density at radius 1 is 1.19 bits per heavy atom. The summed E-state index contributed by atoms with van der Waals surface area (Å²) >= 11 is 0. The number of fused-ring (bicyclic) bond motifs is 5. The molecule has 4 heteroatoms. The molecule has 142 valence electrons. The van der Waals surface area contributed by atoms with Crippen molar-refractivity contribution in [2.24, 2.45) is 22.7 Å². The molecule has 3 aliphatic carbocycles. The maximum Gasteiger partial charge on any atom is 0.246 e. The van der Waals surface area contributed by atoms with Gasteiger partial charge in [-0.2, -0.15) is 0 Å². The van der Waals surface area contributed by atoms with Gasteiger partial charge < -0.3 is 9.47 Å². The van der Waals surface area contributed by atoms with E-state index in [0.29, 0.717) is 11.8 Å². The molecular weight excluding hydrogens is 334 g/mol. The predicted molar refractivity (Wildman–Crippen MR) is 107 cm³/mol. The molecule has 2 saturated carbocycles. The van der Waals surface area contributed by atoms with Crippen molar-refractivity contribution < 1.29 is 4.79 Å². The molecule has 1 aromatic rings. The van der Waals surface area contributed by atoms with Crippen molar-refractivity contribution in [3.63, 3.8) is 0 Å². The lowest BCUT2D eigenvalue weighted by Gasteiger charge is -2.54. The largest absolute Gasteiger partial charge is 0.342 e. The van der Waals surface area contributed by atoms with E-state index in [4.69, 9.17) is 0 Å². The molecule has 4 nitrogen and oxygen atoms in total. The first kappa shape index (κ1) is 17.0. The highest BCUT2D eigenvalue weighted by Crippen LogP contribution is 2.63. The van der Waals surface area contributed by atoms with Crippen LogP contribution in [0.3, 0.4) is 0 Å². The van der Waals surface area contributed by atoms with Crippen LogP contribution in [0.15, 0.2) is 48.1 Å². The van der Waals surface area contributed by atoms with Crippen LogP contribution in [-0.4, -0.2) is 34.0 Å². The molecule has 2 heterocycles. The molecule has 0 saturated heterocycles. The zero-order chi connectivity index (χ0) is 18.8. The summed E-state index contributed by atoms with van der Waals surface area (Å²) in [4.78, 5) is 18.6. The minimum Gasteiger partial charge on any atom is -0.342 e. The Labute approximate surface area is 161 Å². The van der Waals surface area contributed by atoms with Gasteiger partial charge in [0.05, 0.1) is 6.33 Å². The molecule has 0 radical (unpaired) electrons. The number of nitrogens with zero attached hydrogens (tertiary/aromatic N) is 3. The lowest BCUT2D eigenvalue weighted by Crippen LogP contribution is -2.46. The molecule has 0 spiro atoms. The summed E-state index contributed by atoms with van der Waals surface area (Å²) in [5.74, 6) is 1.46. The number of imidazole rings is 1. The van der Waals surface area contributed by atoms with Gasteiger partial charge in [-0.3, -0.25) is 4.79 Å². The fourth-order valence-electron chi connectivity index (χ4n) is 6.43. The molecule has 5 rings (SSSR count). The number of amides is 1. The summed E-state index contributed by atoms with van der Waals surface area (Å²) in [6, 6.07) is 0. The molecule has 0 N–H and O–H groups in total. The number of carbonyl (C=O) groups is 1. The molecule has 4 atom stereocenters. The highest BCUT2D eigenvalue weighted by Gasteiger charge is 2.54. The van der Waals surface area contributed by atoms with E-state index in [-0.39, 0.29) is 16.7 Å². The maximum absolute atomic E-state index is 12.4. The van der Waals surface area contributed by atoms with Crippen LogP contribution in [0.1, 0.15) is 46.0 Å². The fourth-order valence-corrected chi connectivity index (χ4v) is 6.43. The molecule has 0 aromatic carbocycles. The molecule has 1 amide bonds. The van der Waals surface area contributed by atoms with Crippen LogP contribution in [0.5, 0.6) is 0 Å². The van der Waals surface area contributed by atoms with E-state index in [2.05, 4.69) is 41.7 Å². The minimum atomic E-state index is 0.122. The van der Waals surface area contributed by atoms with Gasteiger partial charge >= 0.3 is 0 Å². The van der Waals surface area contributed by atoms with Crippen LogP contribution in [0.4, 0.5) is 0 Å². The van der Waals surface area contributed by atoms with E-state index in [1.165, 1.54) is 30.5 Å². The highest BCUT2D eigenvalue weighted by molar-refractivity contribution is 5.88. The third-order valence-corrected chi connectivity index (χ3v) is 8.16. The zero-order valence-electron chi connectivity index (χ0n) is 16.6. The summed E-state index contributed by atoms with van der Waals surface area (Å²) in [7, 11) is 1.94. The van der Waals surface area contributed by atoms with Gasteiger partial charge in [-0.05, 0) is 55.4 Å². The number of hydrogen-bond acceptors (Lipinski definition) is 2. The Balaban J connectivity index is 1.50. The number of aromatic nitrogens is 2. The van der Waals surface area contributed by atoms with Crippen LogP contribution in [0.25, 0.3) is 5.70 Å². The van der Waals surface area contributed by atoms with Crippen molar-refractivity contribution in [3.05, 3.63) is 48.1 Å². The standard InChI is InChI=1S/C23H29N3O/c1-22-10-12-25(3)21(27)14-16(22)4-5-17-18-6-7-20(26-13-11-24-15-26)23(18,2)9-8-19(17)22/h6-7,11,13-15,17,19H,4-5,8-10,12H2,1-3H3/t17-,19-,22-,23-/m0/s1. The van der Waals surface area contributed by atoms with E-state index in [1.54, 1.807) is 5.57 Å². The van der Waals surface area contributed by atoms with Gasteiger partial charge in [-0.25, -0.2) is 4.98 Å². The smallest absolute Gasteiger partial charge is 0.246 e. The summed E-state index contributed by atoms with van der Waals surface area (Å²) < 4.78 is 2.19. The van der Waals surface area contributed by atoms with E-state index >= 15 is 0 Å². The topological polar surface area (TPSA) is 38.1 Å². The Bertz CT molecular complexity index is 877. The van der Waals surface area contributed by atoms with Crippen LogP contribution >= 0.6 is 0 Å². The SMILES string of the molecule is CN1CC[C@@]2(C)C(=CC1=O)CC[C@H]1C3=CC=C(n4ccnc4)[C@@]3(C)CC[C@@H]12. The Kier molecular flexibility index (Phi) is 3.59. The Morgan fingerprint density at radius 3 is 2.81 bits per heavy atom. The van der Waals surface area contributed by atoms with Gasteiger partial charge in [0.2, 0.25) is 5.91 Å². The molecule has 2 fully saturated rings. The number of hydrogen-bond donors (Lipinski definition) is 0. The van der Waals surface area contributed by atoms with Crippen molar-refractivity contribution in [1.82, 2.24) is 14.5 Å². The predicted octanol–water partition coefficient (Wildman–Crippen LogP) is 4.29. The third-order valence-electron chi connectivity index (χ3n) is 8.16. The summed E-state index contributed by atoms with van der Waals surface area (Å²) in [5.41, 5.74) is 4.67. The molecular formula is C23H29N3O. The number of rotatable bonds is 1. The molecule has 0 bridgehead atoms. The Hall–Kier alpha value is -2.10. The Morgan fingerprint density at radius 2 is 2.04 bits per heavy atom. The average Bonchev–Trinajstić information content (AvgIpc) is 3.26. The number of carbonyl (C=O) groups excluding carboxylic acids is 1. The first-order chi connectivity index (χ1) is 12.9. The third kappa shape index (κ3) is 2.28. The van der Waals surface area contributed by atoms with Crippen LogP contribution < -0.4 is 0 Å². The van der Waals surface area contributed by atoms with Gasteiger partial charge in [-0.15, -0.1) is 0 Å². The molecule has 27 heavy (non-hydrogen) atoms. The van der Waals surface area contributed by atoms with Gasteiger partial charge in [0.15, 0.2) is 0 Å². The van der Waals surface area contributed by atoms with Crippen molar-refractivity contribution in [3.8, 4) is 0 Å². The first-order valence-corrected chi connectivity index (χ1v) is 10.3. The zero-order valence-corrected chi connectivity index (χ0v) is 16.6. The molecule has 0 unspecified atom stereocenters. The fraction of sp³-hybridized carbons (Fsp3) is 0.565. The van der Waals surface area contributed by atoms with Gasteiger partial charge in [0.1, 0.15) is 0 Å². The maximum atomic E-state index is 12.4. The van der Waals surface area contributed by atoms with Crippen molar-refractivity contribution in [2.75, 3.05) is 13.6 Å². The lowest BCUT2D eigenvalue weighted by molar-refractivity contribution is -0.124. The van der Waals surface area contributed by atoms with Crippen molar-refractivity contribution in [1.29, 1.82) is 0 Å². The quantitative estimate of drug-likeness (QED) is 0.747. The molecule has 1 aromatic heterocycles. The van der Waals surface area contributed by atoms with E-state index in [1.807, 2.05) is 30.5 Å². The second-order valence-electron chi connectivity index (χ2n) is 9.36. The van der Waals surface area contributed by atoms with Crippen LogP contribution in [-0.2, 0) is 4.79 Å². The highest BCUT2D eigenvalue weighted by atomic mass is 16.2. The normalized spacial score (nSPS) is 38.3. The summed E-state index contributed by atoms with van der Waals surface area (Å²) in [6.45, 7) is 5.73.